The molecule has 1 heterocycles. The summed E-state index contributed by atoms with van der Waals surface area (Å²) in [5.74, 6) is 1.01. The first-order chi connectivity index (χ1) is 10.1. The molecule has 5 heteroatoms. The number of hydrogen-bond acceptors (Lipinski definition) is 2. The predicted molar refractivity (Wildman–Crippen MR) is 96.5 cm³/mol. The highest BCUT2D eigenvalue weighted by Gasteiger charge is 2.27. The van der Waals surface area contributed by atoms with Gasteiger partial charge >= 0.3 is 0 Å². The van der Waals surface area contributed by atoms with Crippen molar-refractivity contribution in [2.24, 2.45) is 0 Å². The van der Waals surface area contributed by atoms with Gasteiger partial charge < -0.3 is 4.57 Å². The Kier molecular flexibility index (Phi) is 4.87. The van der Waals surface area contributed by atoms with Gasteiger partial charge in [-0.2, -0.15) is 11.8 Å². The molecule has 3 atom stereocenters. The maximum atomic E-state index is 6.41. The second-order valence-electron chi connectivity index (χ2n) is 5.77. The van der Waals surface area contributed by atoms with Crippen molar-refractivity contribution >= 4 is 50.3 Å². The van der Waals surface area contributed by atoms with Gasteiger partial charge in [0.2, 0.25) is 0 Å². The summed E-state index contributed by atoms with van der Waals surface area (Å²) < 4.78 is 3.47. The number of aromatic nitrogens is 2. The van der Waals surface area contributed by atoms with E-state index in [-0.39, 0.29) is 5.38 Å². The summed E-state index contributed by atoms with van der Waals surface area (Å²) in [4.78, 5) is 4.79. The third kappa shape index (κ3) is 3.13. The molecule has 2 nitrogen and oxygen atoms in total. The lowest BCUT2D eigenvalue weighted by Crippen LogP contribution is -2.22. The van der Waals surface area contributed by atoms with E-state index < -0.39 is 0 Å². The highest BCUT2D eigenvalue weighted by atomic mass is 79.9. The molecule has 0 radical (unpaired) electrons. The monoisotopic (exact) mass is 386 g/mol. The number of rotatable bonds is 3. The van der Waals surface area contributed by atoms with Gasteiger partial charge in [-0.25, -0.2) is 4.98 Å². The molecule has 0 bridgehead atoms. The first-order valence-electron chi connectivity index (χ1n) is 7.44. The summed E-state index contributed by atoms with van der Waals surface area (Å²) in [6, 6.07) is 6.87. The molecular weight excluding hydrogens is 368 g/mol. The van der Waals surface area contributed by atoms with Crippen LogP contribution < -0.4 is 0 Å². The molecule has 0 saturated heterocycles. The van der Waals surface area contributed by atoms with Gasteiger partial charge in [0.05, 0.1) is 16.4 Å². The molecule has 1 saturated carbocycles. The normalized spacial score (nSPS) is 24.4. The van der Waals surface area contributed by atoms with E-state index in [0.717, 1.165) is 21.1 Å². The predicted octanol–water partition coefficient (Wildman–Crippen LogP) is 5.95. The Morgan fingerprint density at radius 2 is 2.24 bits per heavy atom. The third-order valence-electron chi connectivity index (χ3n) is 4.33. The minimum absolute atomic E-state index is 0.0640. The fourth-order valence-electron chi connectivity index (χ4n) is 3.32. The molecule has 114 valence electrons. The summed E-state index contributed by atoms with van der Waals surface area (Å²) in [5.41, 5.74) is 2.26. The topological polar surface area (TPSA) is 17.8 Å². The third-order valence-corrected chi connectivity index (χ3v) is 6.11. The van der Waals surface area contributed by atoms with Gasteiger partial charge in [0.1, 0.15) is 5.82 Å². The van der Waals surface area contributed by atoms with Crippen LogP contribution >= 0.6 is 39.3 Å². The second kappa shape index (κ2) is 6.51. The fourth-order valence-corrected chi connectivity index (χ4v) is 4.64. The van der Waals surface area contributed by atoms with Crippen molar-refractivity contribution in [2.75, 3.05) is 6.26 Å². The summed E-state index contributed by atoms with van der Waals surface area (Å²) in [6.07, 6.45) is 7.31. The van der Waals surface area contributed by atoms with Crippen LogP contribution in [0.2, 0.25) is 0 Å². The van der Waals surface area contributed by atoms with Crippen LogP contribution in [0.5, 0.6) is 0 Å². The number of benzene rings is 1. The Morgan fingerprint density at radius 3 is 2.95 bits per heavy atom. The number of thioether (sulfide) groups is 1. The van der Waals surface area contributed by atoms with Gasteiger partial charge in [-0.15, -0.1) is 11.6 Å². The Bertz CT molecular complexity index is 640. The highest BCUT2D eigenvalue weighted by Crippen LogP contribution is 2.38. The second-order valence-corrected chi connectivity index (χ2v) is 8.48. The van der Waals surface area contributed by atoms with E-state index in [4.69, 9.17) is 16.6 Å². The van der Waals surface area contributed by atoms with Crippen molar-refractivity contribution in [3.8, 4) is 0 Å². The SMILES string of the molecule is CSC1CCCC(n2c(C(C)Cl)nc3cc(Br)ccc32)C1. The number of fused-ring (bicyclic) bond motifs is 1. The maximum Gasteiger partial charge on any atom is 0.127 e. The molecule has 0 aliphatic heterocycles. The number of halogens is 2. The first kappa shape index (κ1) is 15.7. The molecule has 0 spiro atoms. The van der Waals surface area contributed by atoms with Gasteiger partial charge in [0.15, 0.2) is 0 Å². The summed E-state index contributed by atoms with van der Waals surface area (Å²) in [6.45, 7) is 2.02. The average molecular weight is 388 g/mol. The van der Waals surface area contributed by atoms with Gasteiger partial charge in [-0.05, 0) is 50.6 Å². The molecule has 0 amide bonds. The lowest BCUT2D eigenvalue weighted by molar-refractivity contribution is 0.360. The van der Waals surface area contributed by atoms with Crippen molar-refractivity contribution in [1.82, 2.24) is 9.55 Å². The van der Waals surface area contributed by atoms with Gasteiger partial charge in [-0.3, -0.25) is 0 Å². The molecule has 1 fully saturated rings. The maximum absolute atomic E-state index is 6.41. The standard InChI is InChI=1S/C16H20BrClN2S/c1-10(18)16-19-14-8-11(17)6-7-15(14)20(16)12-4-3-5-13(9-12)21-2/h6-8,10,12-13H,3-5,9H2,1-2H3. The molecule has 1 aromatic carbocycles. The minimum Gasteiger partial charge on any atom is -0.324 e. The van der Waals surface area contributed by atoms with Crippen LogP contribution in [0, 0.1) is 0 Å². The molecule has 3 rings (SSSR count). The van der Waals surface area contributed by atoms with Crippen molar-refractivity contribution in [1.29, 1.82) is 0 Å². The number of nitrogens with zero attached hydrogens (tertiary/aromatic N) is 2. The summed E-state index contributed by atoms with van der Waals surface area (Å²) >= 11 is 11.9. The largest absolute Gasteiger partial charge is 0.324 e. The minimum atomic E-state index is -0.0640. The molecule has 1 aliphatic carbocycles. The van der Waals surface area contributed by atoms with Crippen LogP contribution in [0.3, 0.4) is 0 Å². The van der Waals surface area contributed by atoms with Crippen molar-refractivity contribution < 1.29 is 0 Å². The van der Waals surface area contributed by atoms with Crippen LogP contribution in [0.1, 0.15) is 49.9 Å². The first-order valence-corrected chi connectivity index (χ1v) is 9.96. The molecule has 1 aliphatic rings. The Hall–Kier alpha value is -0.190. The van der Waals surface area contributed by atoms with Crippen molar-refractivity contribution in [2.45, 2.75) is 49.3 Å². The summed E-state index contributed by atoms with van der Waals surface area (Å²) in [5, 5.41) is 0.695. The zero-order valence-electron chi connectivity index (χ0n) is 12.4. The van der Waals surface area contributed by atoms with Crippen LogP contribution in [0.4, 0.5) is 0 Å². The van der Waals surface area contributed by atoms with Gasteiger partial charge in [0, 0.05) is 15.8 Å². The fraction of sp³-hybridized carbons (Fsp3) is 0.562. The Labute approximate surface area is 143 Å². The number of alkyl halides is 1. The summed E-state index contributed by atoms with van der Waals surface area (Å²) in [7, 11) is 0. The van der Waals surface area contributed by atoms with E-state index in [0.29, 0.717) is 6.04 Å². The van der Waals surface area contributed by atoms with Crippen molar-refractivity contribution in [3.05, 3.63) is 28.5 Å². The molecule has 2 aromatic rings. The zero-order valence-corrected chi connectivity index (χ0v) is 15.5. The van der Waals surface area contributed by atoms with Crippen LogP contribution in [-0.2, 0) is 0 Å². The lowest BCUT2D eigenvalue weighted by Gasteiger charge is -2.31. The van der Waals surface area contributed by atoms with E-state index in [1.54, 1.807) is 0 Å². The smallest absolute Gasteiger partial charge is 0.127 e. The van der Waals surface area contributed by atoms with Crippen LogP contribution in [-0.4, -0.2) is 21.1 Å². The van der Waals surface area contributed by atoms with E-state index in [2.05, 4.69) is 45.0 Å². The number of imidazole rings is 1. The number of hydrogen-bond donors (Lipinski definition) is 0. The van der Waals surface area contributed by atoms with E-state index in [1.165, 1.54) is 31.2 Å². The van der Waals surface area contributed by atoms with Gasteiger partial charge in [-0.1, -0.05) is 22.4 Å². The van der Waals surface area contributed by atoms with Gasteiger partial charge in [0.25, 0.3) is 0 Å². The Balaban J connectivity index is 2.08. The Morgan fingerprint density at radius 1 is 1.43 bits per heavy atom. The molecule has 3 unspecified atom stereocenters. The molecule has 21 heavy (non-hydrogen) atoms. The van der Waals surface area contributed by atoms with E-state index in [1.807, 2.05) is 18.7 Å². The lowest BCUT2D eigenvalue weighted by atomic mass is 9.94. The van der Waals surface area contributed by atoms with E-state index >= 15 is 0 Å². The van der Waals surface area contributed by atoms with Crippen LogP contribution in [0.25, 0.3) is 11.0 Å². The van der Waals surface area contributed by atoms with Crippen molar-refractivity contribution in [3.63, 3.8) is 0 Å². The average Bonchev–Trinajstić information content (AvgIpc) is 2.86. The van der Waals surface area contributed by atoms with Crippen LogP contribution in [0.15, 0.2) is 22.7 Å². The van der Waals surface area contributed by atoms with E-state index in [9.17, 15) is 0 Å². The molecular formula is C16H20BrClN2S. The molecule has 1 aromatic heterocycles. The zero-order chi connectivity index (χ0) is 15.0. The molecule has 0 N–H and O–H groups in total. The quantitative estimate of drug-likeness (QED) is 0.606. The highest BCUT2D eigenvalue weighted by molar-refractivity contribution is 9.10.